The zero-order chi connectivity index (χ0) is 20.5. The van der Waals surface area contributed by atoms with Crippen LogP contribution in [0.3, 0.4) is 0 Å². The number of hydrogen-bond acceptors (Lipinski definition) is 6. The molecule has 2 aliphatic rings. The van der Waals surface area contributed by atoms with Crippen LogP contribution in [0.5, 0.6) is 0 Å². The van der Waals surface area contributed by atoms with Crippen LogP contribution in [0, 0.1) is 0 Å². The fourth-order valence-corrected chi connectivity index (χ4v) is 3.40. The summed E-state index contributed by atoms with van der Waals surface area (Å²) in [6, 6.07) is -0.113. The summed E-state index contributed by atoms with van der Waals surface area (Å²) in [6.07, 6.45) is 3.99. The molecule has 9 heteroatoms. The van der Waals surface area contributed by atoms with Gasteiger partial charge in [-0.15, -0.1) is 0 Å². The predicted molar refractivity (Wildman–Crippen MR) is 98.3 cm³/mol. The van der Waals surface area contributed by atoms with E-state index in [1.807, 2.05) is 20.8 Å². The van der Waals surface area contributed by atoms with Crippen molar-refractivity contribution in [1.82, 2.24) is 15.8 Å². The molecular weight excluding hydrogens is 366 g/mol. The molecule has 2 fully saturated rings. The minimum atomic E-state index is -1.20. The van der Waals surface area contributed by atoms with Crippen LogP contribution >= 0.6 is 0 Å². The highest BCUT2D eigenvalue weighted by molar-refractivity contribution is 6.04. The number of carbonyl (C=O) groups excluding carboxylic acids is 2. The molecule has 0 atom stereocenters. The van der Waals surface area contributed by atoms with Crippen molar-refractivity contribution < 1.29 is 28.8 Å². The second kappa shape index (κ2) is 7.81. The molecule has 1 heterocycles. The Morgan fingerprint density at radius 3 is 2.11 bits per heavy atom. The normalized spacial score (nSPS) is 22.4. The third kappa shape index (κ3) is 5.02. The lowest BCUT2D eigenvalue weighted by Crippen LogP contribution is -2.45. The molecule has 0 aliphatic heterocycles. The number of amides is 2. The van der Waals surface area contributed by atoms with Gasteiger partial charge >= 0.3 is 12.1 Å². The van der Waals surface area contributed by atoms with E-state index in [9.17, 15) is 19.5 Å². The maximum Gasteiger partial charge on any atom is 0.407 e. The summed E-state index contributed by atoms with van der Waals surface area (Å²) < 4.78 is 10.4. The molecule has 1 aromatic heterocycles. The molecule has 0 radical (unpaired) electrons. The van der Waals surface area contributed by atoms with E-state index in [0.717, 1.165) is 12.8 Å². The SMILES string of the molecule is CC(C)(C)OC(=O)NC1CCC(NC(=O)c2noc(C3CC3)c2C(=O)O)CC1. The van der Waals surface area contributed by atoms with Crippen LogP contribution in [-0.4, -0.2) is 45.9 Å². The van der Waals surface area contributed by atoms with Gasteiger partial charge in [0.15, 0.2) is 11.5 Å². The quantitative estimate of drug-likeness (QED) is 0.701. The van der Waals surface area contributed by atoms with E-state index in [2.05, 4.69) is 15.8 Å². The first-order valence-corrected chi connectivity index (χ1v) is 9.67. The smallest absolute Gasteiger partial charge is 0.407 e. The van der Waals surface area contributed by atoms with Gasteiger partial charge in [-0.05, 0) is 59.3 Å². The van der Waals surface area contributed by atoms with Crippen molar-refractivity contribution >= 4 is 18.0 Å². The second-order valence-electron chi connectivity index (χ2n) is 8.52. The van der Waals surface area contributed by atoms with E-state index in [0.29, 0.717) is 31.4 Å². The number of hydrogen-bond donors (Lipinski definition) is 3. The standard InChI is InChI=1S/C19H27N3O6/c1-19(2,3)27-18(26)21-12-8-6-11(7-9-12)20-16(23)14-13(17(24)25)15(28-22-14)10-4-5-10/h10-12H,4-9H2,1-3H3,(H,20,23)(H,21,26)(H,24,25). The summed E-state index contributed by atoms with van der Waals surface area (Å²) in [5, 5.41) is 18.8. The van der Waals surface area contributed by atoms with E-state index in [1.54, 1.807) is 0 Å². The maximum atomic E-state index is 12.5. The Kier molecular flexibility index (Phi) is 5.62. The first-order valence-electron chi connectivity index (χ1n) is 9.67. The van der Waals surface area contributed by atoms with E-state index < -0.39 is 23.6 Å². The molecule has 3 N–H and O–H groups in total. The van der Waals surface area contributed by atoms with Crippen LogP contribution in [0.2, 0.25) is 0 Å². The van der Waals surface area contributed by atoms with Crippen molar-refractivity contribution in [3.63, 3.8) is 0 Å². The van der Waals surface area contributed by atoms with Crippen molar-refractivity contribution in [3.8, 4) is 0 Å². The molecule has 0 spiro atoms. The number of ether oxygens (including phenoxy) is 1. The number of aromatic nitrogens is 1. The Labute approximate surface area is 163 Å². The van der Waals surface area contributed by atoms with Gasteiger partial charge < -0.3 is 25.0 Å². The van der Waals surface area contributed by atoms with E-state index in [1.165, 1.54) is 0 Å². The number of aromatic carboxylic acids is 1. The minimum absolute atomic E-state index is 0.00824. The van der Waals surface area contributed by atoms with Crippen molar-refractivity contribution in [1.29, 1.82) is 0 Å². The van der Waals surface area contributed by atoms with Crippen molar-refractivity contribution in [2.24, 2.45) is 0 Å². The van der Waals surface area contributed by atoms with Crippen molar-refractivity contribution in [3.05, 3.63) is 17.0 Å². The molecule has 154 valence electrons. The first-order chi connectivity index (χ1) is 13.1. The topological polar surface area (TPSA) is 131 Å². The van der Waals surface area contributed by atoms with Crippen LogP contribution < -0.4 is 10.6 Å². The highest BCUT2D eigenvalue weighted by atomic mass is 16.6. The van der Waals surface area contributed by atoms with Gasteiger partial charge in [0.25, 0.3) is 5.91 Å². The van der Waals surface area contributed by atoms with E-state index >= 15 is 0 Å². The number of carboxylic acids is 1. The lowest BCUT2D eigenvalue weighted by Gasteiger charge is -2.30. The summed E-state index contributed by atoms with van der Waals surface area (Å²) in [5.41, 5.74) is -0.836. The lowest BCUT2D eigenvalue weighted by molar-refractivity contribution is 0.0487. The zero-order valence-corrected chi connectivity index (χ0v) is 16.4. The number of carboxylic acid groups (broad SMARTS) is 1. The van der Waals surface area contributed by atoms with Gasteiger partial charge in [0, 0.05) is 18.0 Å². The number of carbonyl (C=O) groups is 3. The van der Waals surface area contributed by atoms with Gasteiger partial charge in [-0.1, -0.05) is 5.16 Å². The van der Waals surface area contributed by atoms with Crippen LogP contribution in [0.25, 0.3) is 0 Å². The molecule has 2 aliphatic carbocycles. The Morgan fingerprint density at radius 2 is 1.61 bits per heavy atom. The van der Waals surface area contributed by atoms with E-state index in [-0.39, 0.29) is 29.3 Å². The molecule has 9 nitrogen and oxygen atoms in total. The molecule has 3 rings (SSSR count). The Bertz CT molecular complexity index is 754. The third-order valence-electron chi connectivity index (χ3n) is 4.88. The van der Waals surface area contributed by atoms with Gasteiger partial charge in [0.05, 0.1) is 0 Å². The fraction of sp³-hybridized carbons (Fsp3) is 0.684. The third-order valence-corrected chi connectivity index (χ3v) is 4.88. The molecular formula is C19H27N3O6. The Hall–Kier alpha value is -2.58. The zero-order valence-electron chi connectivity index (χ0n) is 16.4. The van der Waals surface area contributed by atoms with Gasteiger partial charge in [-0.3, -0.25) is 4.79 Å². The monoisotopic (exact) mass is 393 g/mol. The van der Waals surface area contributed by atoms with Gasteiger partial charge in [0.1, 0.15) is 11.2 Å². The molecule has 1 aromatic rings. The number of nitrogens with zero attached hydrogens (tertiary/aromatic N) is 1. The summed E-state index contributed by atoms with van der Waals surface area (Å²) in [4.78, 5) is 35.9. The fourth-order valence-electron chi connectivity index (χ4n) is 3.40. The molecule has 28 heavy (non-hydrogen) atoms. The minimum Gasteiger partial charge on any atom is -0.477 e. The molecule has 0 unspecified atom stereocenters. The Balaban J connectivity index is 1.52. The summed E-state index contributed by atoms with van der Waals surface area (Å²) >= 11 is 0. The molecule has 2 amide bonds. The maximum absolute atomic E-state index is 12.5. The number of rotatable bonds is 5. The summed E-state index contributed by atoms with van der Waals surface area (Å²) in [5.74, 6) is -1.38. The highest BCUT2D eigenvalue weighted by Gasteiger charge is 2.37. The number of alkyl carbamates (subject to hydrolysis) is 1. The van der Waals surface area contributed by atoms with Gasteiger partial charge in [-0.25, -0.2) is 9.59 Å². The summed E-state index contributed by atoms with van der Waals surface area (Å²) in [6.45, 7) is 5.43. The van der Waals surface area contributed by atoms with Crippen molar-refractivity contribution in [2.75, 3.05) is 0 Å². The van der Waals surface area contributed by atoms with Crippen LogP contribution in [0.15, 0.2) is 4.52 Å². The first kappa shape index (κ1) is 20.2. The average Bonchev–Trinajstić information content (AvgIpc) is 3.32. The largest absolute Gasteiger partial charge is 0.477 e. The van der Waals surface area contributed by atoms with Crippen molar-refractivity contribution in [2.45, 2.75) is 82.9 Å². The van der Waals surface area contributed by atoms with E-state index in [4.69, 9.17) is 9.26 Å². The van der Waals surface area contributed by atoms with Crippen LogP contribution in [-0.2, 0) is 4.74 Å². The molecule has 2 saturated carbocycles. The summed E-state index contributed by atoms with van der Waals surface area (Å²) in [7, 11) is 0. The number of nitrogens with one attached hydrogen (secondary N) is 2. The molecule has 0 saturated heterocycles. The van der Waals surface area contributed by atoms with Crippen LogP contribution in [0.4, 0.5) is 4.79 Å². The predicted octanol–water partition coefficient (Wildman–Crippen LogP) is 2.82. The Morgan fingerprint density at radius 1 is 1.04 bits per heavy atom. The second-order valence-corrected chi connectivity index (χ2v) is 8.52. The van der Waals surface area contributed by atoms with Crippen LogP contribution in [0.1, 0.15) is 91.8 Å². The van der Waals surface area contributed by atoms with Gasteiger partial charge in [-0.2, -0.15) is 0 Å². The lowest BCUT2D eigenvalue weighted by atomic mass is 9.91. The highest BCUT2D eigenvalue weighted by Crippen LogP contribution is 2.42. The molecule has 0 aromatic carbocycles. The average molecular weight is 393 g/mol. The molecule has 0 bridgehead atoms. The van der Waals surface area contributed by atoms with Gasteiger partial charge in [0.2, 0.25) is 0 Å².